The predicted octanol–water partition coefficient (Wildman–Crippen LogP) is 0.893. The zero-order valence-electron chi connectivity index (χ0n) is 14.6. The van der Waals surface area contributed by atoms with Crippen molar-refractivity contribution in [1.29, 1.82) is 0 Å². The maximum atomic E-state index is 12.9. The number of likely N-dealkylation sites (tertiary alicyclic amines) is 1. The molecule has 1 fully saturated rings. The maximum Gasteiger partial charge on any atom is 0.256 e. The van der Waals surface area contributed by atoms with Crippen LogP contribution < -0.4 is 14.8 Å². The Labute approximate surface area is 151 Å². The number of rotatable bonds is 5. The van der Waals surface area contributed by atoms with Crippen LogP contribution in [0.4, 0.5) is 0 Å². The highest BCUT2D eigenvalue weighted by molar-refractivity contribution is 5.97. The van der Waals surface area contributed by atoms with Gasteiger partial charge in [-0.2, -0.15) is 0 Å². The molecular weight excluding hydrogens is 336 g/mol. The number of aromatic nitrogens is 2. The number of amides is 2. The van der Waals surface area contributed by atoms with Gasteiger partial charge in [0.15, 0.2) is 0 Å². The molecule has 0 saturated carbocycles. The molecule has 2 atom stereocenters. The second kappa shape index (κ2) is 7.81. The molecule has 1 aliphatic heterocycles. The van der Waals surface area contributed by atoms with Gasteiger partial charge in [-0.25, -0.2) is 4.98 Å². The molecule has 0 unspecified atom stereocenters. The van der Waals surface area contributed by atoms with Crippen molar-refractivity contribution in [1.82, 2.24) is 20.2 Å². The van der Waals surface area contributed by atoms with Crippen molar-refractivity contribution < 1.29 is 19.1 Å². The molecule has 1 saturated heterocycles. The second-order valence-electron chi connectivity index (χ2n) is 5.84. The van der Waals surface area contributed by atoms with Crippen LogP contribution in [0.2, 0.25) is 0 Å². The van der Waals surface area contributed by atoms with Crippen molar-refractivity contribution in [2.24, 2.45) is 0 Å². The lowest BCUT2D eigenvalue weighted by Gasteiger charge is -2.22. The predicted molar refractivity (Wildman–Crippen MR) is 93.0 cm³/mol. The summed E-state index contributed by atoms with van der Waals surface area (Å²) in [5.74, 6) is 0.528. The van der Waals surface area contributed by atoms with E-state index in [0.29, 0.717) is 30.2 Å². The van der Waals surface area contributed by atoms with Crippen molar-refractivity contribution in [2.45, 2.75) is 18.6 Å². The van der Waals surface area contributed by atoms with E-state index in [4.69, 9.17) is 9.47 Å². The number of methoxy groups -OCH3 is 1. The highest BCUT2D eigenvalue weighted by atomic mass is 16.5. The maximum absolute atomic E-state index is 12.9. The van der Waals surface area contributed by atoms with Gasteiger partial charge in [-0.05, 0) is 18.2 Å². The Morgan fingerprint density at radius 3 is 2.73 bits per heavy atom. The van der Waals surface area contributed by atoms with Gasteiger partial charge < -0.3 is 19.7 Å². The largest absolute Gasteiger partial charge is 0.487 e. The number of hydrogen-bond acceptors (Lipinski definition) is 6. The lowest BCUT2D eigenvalue weighted by Crippen LogP contribution is -2.45. The van der Waals surface area contributed by atoms with Crippen LogP contribution in [0, 0.1) is 0 Å². The summed E-state index contributed by atoms with van der Waals surface area (Å²) in [7, 11) is 3.06. The molecule has 1 aliphatic rings. The smallest absolute Gasteiger partial charge is 0.256 e. The molecule has 0 spiro atoms. The summed E-state index contributed by atoms with van der Waals surface area (Å²) in [6.45, 7) is 0.303. The van der Waals surface area contributed by atoms with Gasteiger partial charge in [0.1, 0.15) is 17.9 Å². The number of hydrogen-bond donors (Lipinski definition) is 1. The number of likely N-dealkylation sites (N-methyl/N-ethyl adjacent to an activating group) is 1. The number of nitrogens with one attached hydrogen (secondary N) is 1. The van der Waals surface area contributed by atoms with Crippen LogP contribution in [-0.2, 0) is 4.79 Å². The van der Waals surface area contributed by atoms with Crippen LogP contribution >= 0.6 is 0 Å². The van der Waals surface area contributed by atoms with Crippen LogP contribution in [0.25, 0.3) is 0 Å². The Morgan fingerprint density at radius 2 is 2.12 bits per heavy atom. The normalized spacial score (nSPS) is 19.1. The summed E-state index contributed by atoms with van der Waals surface area (Å²) >= 11 is 0. The summed E-state index contributed by atoms with van der Waals surface area (Å²) in [6.07, 6.45) is 4.81. The van der Waals surface area contributed by atoms with Crippen molar-refractivity contribution in [2.75, 3.05) is 20.7 Å². The SMILES string of the molecule is CNC(=O)[C@@H]1C[C@H](Oc2cccnc2)CN1C(=O)c1ccc(OC)nc1. The molecule has 8 nitrogen and oxygen atoms in total. The zero-order chi connectivity index (χ0) is 18.5. The summed E-state index contributed by atoms with van der Waals surface area (Å²) in [4.78, 5) is 34.7. The molecule has 8 heteroatoms. The molecule has 0 aliphatic carbocycles. The van der Waals surface area contributed by atoms with E-state index in [0.717, 1.165) is 0 Å². The van der Waals surface area contributed by atoms with Gasteiger partial charge in [0.2, 0.25) is 11.8 Å². The number of carbonyl (C=O) groups excluding carboxylic acids is 2. The molecule has 3 heterocycles. The number of nitrogens with zero attached hydrogens (tertiary/aromatic N) is 3. The van der Waals surface area contributed by atoms with Gasteiger partial charge in [0.05, 0.1) is 25.4 Å². The van der Waals surface area contributed by atoms with Gasteiger partial charge in [0, 0.05) is 31.9 Å². The van der Waals surface area contributed by atoms with Crippen LogP contribution in [0.5, 0.6) is 11.6 Å². The Hall–Kier alpha value is -3.16. The summed E-state index contributed by atoms with van der Waals surface area (Å²) < 4.78 is 10.9. The van der Waals surface area contributed by atoms with Crippen molar-refractivity contribution in [3.63, 3.8) is 0 Å². The number of carbonyl (C=O) groups is 2. The van der Waals surface area contributed by atoms with E-state index in [1.54, 1.807) is 43.7 Å². The molecule has 0 radical (unpaired) electrons. The van der Waals surface area contributed by atoms with Gasteiger partial charge in [-0.1, -0.05) is 0 Å². The Morgan fingerprint density at radius 1 is 1.27 bits per heavy atom. The third kappa shape index (κ3) is 3.74. The molecule has 2 aromatic rings. The monoisotopic (exact) mass is 356 g/mol. The fourth-order valence-electron chi connectivity index (χ4n) is 2.93. The minimum absolute atomic E-state index is 0.225. The van der Waals surface area contributed by atoms with Gasteiger partial charge in [0.25, 0.3) is 5.91 Å². The van der Waals surface area contributed by atoms with E-state index in [9.17, 15) is 9.59 Å². The second-order valence-corrected chi connectivity index (χ2v) is 5.84. The first-order valence-electron chi connectivity index (χ1n) is 8.21. The third-order valence-electron chi connectivity index (χ3n) is 4.20. The molecule has 3 rings (SSSR count). The summed E-state index contributed by atoms with van der Waals surface area (Å²) in [5, 5.41) is 2.61. The fraction of sp³-hybridized carbons (Fsp3) is 0.333. The van der Waals surface area contributed by atoms with Gasteiger partial charge in [-0.3, -0.25) is 14.6 Å². The fourth-order valence-corrected chi connectivity index (χ4v) is 2.93. The van der Waals surface area contributed by atoms with Crippen LogP contribution in [0.1, 0.15) is 16.8 Å². The van der Waals surface area contributed by atoms with E-state index in [-0.39, 0.29) is 17.9 Å². The first-order chi connectivity index (χ1) is 12.6. The molecular formula is C18H20N4O4. The molecule has 2 aromatic heterocycles. The Kier molecular flexibility index (Phi) is 5.31. The molecule has 26 heavy (non-hydrogen) atoms. The topological polar surface area (TPSA) is 93.7 Å². The first kappa shape index (κ1) is 17.7. The van der Waals surface area contributed by atoms with E-state index >= 15 is 0 Å². The minimum Gasteiger partial charge on any atom is -0.487 e. The number of ether oxygens (including phenoxy) is 2. The average Bonchev–Trinajstić information content (AvgIpc) is 3.11. The molecule has 2 amide bonds. The Balaban J connectivity index is 1.78. The van der Waals surface area contributed by atoms with E-state index in [1.165, 1.54) is 18.2 Å². The van der Waals surface area contributed by atoms with Crippen LogP contribution in [0.15, 0.2) is 42.9 Å². The van der Waals surface area contributed by atoms with Crippen molar-refractivity contribution in [3.05, 3.63) is 48.4 Å². The van der Waals surface area contributed by atoms with E-state index in [1.807, 2.05) is 0 Å². The molecule has 0 aromatic carbocycles. The highest BCUT2D eigenvalue weighted by Gasteiger charge is 2.40. The molecule has 0 bridgehead atoms. The summed E-state index contributed by atoms with van der Waals surface area (Å²) in [5.41, 5.74) is 0.390. The van der Waals surface area contributed by atoms with Gasteiger partial charge >= 0.3 is 0 Å². The van der Waals surface area contributed by atoms with Crippen LogP contribution in [-0.4, -0.2) is 59.5 Å². The highest BCUT2D eigenvalue weighted by Crippen LogP contribution is 2.25. The summed E-state index contributed by atoms with van der Waals surface area (Å²) in [6, 6.07) is 6.20. The zero-order valence-corrected chi connectivity index (χ0v) is 14.6. The van der Waals surface area contributed by atoms with Crippen molar-refractivity contribution >= 4 is 11.8 Å². The lowest BCUT2D eigenvalue weighted by molar-refractivity contribution is -0.124. The quantitative estimate of drug-likeness (QED) is 0.855. The standard InChI is InChI=1S/C18H20N4O4/c1-19-17(23)15-8-14(26-13-4-3-7-20-10-13)11-22(15)18(24)12-5-6-16(25-2)21-9-12/h3-7,9-10,14-15H,8,11H2,1-2H3,(H,19,23)/t14-,15-/m0/s1. The molecule has 136 valence electrons. The number of pyridine rings is 2. The minimum atomic E-state index is -0.601. The Bertz CT molecular complexity index is 767. The lowest BCUT2D eigenvalue weighted by atomic mass is 10.1. The average molecular weight is 356 g/mol. The van der Waals surface area contributed by atoms with Gasteiger partial charge in [-0.15, -0.1) is 0 Å². The van der Waals surface area contributed by atoms with E-state index < -0.39 is 6.04 Å². The van der Waals surface area contributed by atoms with Crippen LogP contribution in [0.3, 0.4) is 0 Å². The third-order valence-corrected chi connectivity index (χ3v) is 4.20. The van der Waals surface area contributed by atoms with E-state index in [2.05, 4.69) is 15.3 Å². The van der Waals surface area contributed by atoms with Crippen molar-refractivity contribution in [3.8, 4) is 11.6 Å². The molecule has 1 N–H and O–H groups in total. The first-order valence-corrected chi connectivity index (χ1v) is 8.21.